The molecule has 3 heteroatoms. The number of aliphatic carboxylic acids is 1. The first-order valence-electron chi connectivity index (χ1n) is 6.71. The van der Waals surface area contributed by atoms with Gasteiger partial charge in [-0.15, -0.1) is 0 Å². The molecule has 0 aromatic carbocycles. The summed E-state index contributed by atoms with van der Waals surface area (Å²) < 4.78 is 0. The van der Waals surface area contributed by atoms with Gasteiger partial charge in [0.2, 0.25) is 0 Å². The Balaban J connectivity index is 2.18. The van der Waals surface area contributed by atoms with Crippen molar-refractivity contribution in [2.24, 2.45) is 0 Å². The summed E-state index contributed by atoms with van der Waals surface area (Å²) in [7, 11) is 0. The summed E-state index contributed by atoms with van der Waals surface area (Å²) in [4.78, 5) is 13.9. The molecule has 0 heterocycles. The van der Waals surface area contributed by atoms with E-state index in [1.165, 1.54) is 25.7 Å². The van der Waals surface area contributed by atoms with Gasteiger partial charge in [0.15, 0.2) is 0 Å². The van der Waals surface area contributed by atoms with Crippen molar-refractivity contribution in [3.8, 4) is 0 Å². The predicted octanol–water partition coefficient (Wildman–Crippen LogP) is 2.65. The van der Waals surface area contributed by atoms with Gasteiger partial charge in [-0.3, -0.25) is 9.69 Å². The van der Waals surface area contributed by atoms with Crippen LogP contribution in [0.15, 0.2) is 0 Å². The minimum absolute atomic E-state index is 0.524. The van der Waals surface area contributed by atoms with Crippen LogP contribution in [0.3, 0.4) is 0 Å². The molecule has 0 bridgehead atoms. The van der Waals surface area contributed by atoms with Crippen LogP contribution in [0, 0.1) is 0 Å². The van der Waals surface area contributed by atoms with Crippen molar-refractivity contribution < 1.29 is 9.90 Å². The maximum Gasteiger partial charge on any atom is 0.324 e. The van der Waals surface area contributed by atoms with Gasteiger partial charge in [-0.1, -0.05) is 32.6 Å². The summed E-state index contributed by atoms with van der Waals surface area (Å²) in [6.45, 7) is 3.00. The zero-order valence-corrected chi connectivity index (χ0v) is 10.2. The summed E-state index contributed by atoms with van der Waals surface area (Å²) in [6.07, 6.45) is 8.81. The van der Waals surface area contributed by atoms with Crippen LogP contribution >= 0.6 is 0 Å². The molecule has 92 valence electrons. The summed E-state index contributed by atoms with van der Waals surface area (Å²) in [5.74, 6) is -0.584. The Labute approximate surface area is 97.8 Å². The van der Waals surface area contributed by atoms with Crippen molar-refractivity contribution in [1.82, 2.24) is 4.90 Å². The first-order valence-corrected chi connectivity index (χ1v) is 6.71. The fraction of sp³-hybridized carbons (Fsp3) is 0.923. The van der Waals surface area contributed by atoms with Gasteiger partial charge >= 0.3 is 5.97 Å². The lowest BCUT2D eigenvalue weighted by atomic mass is 9.92. The molecular formula is C13H23NO2. The van der Waals surface area contributed by atoms with Gasteiger partial charge in [0.25, 0.3) is 0 Å². The van der Waals surface area contributed by atoms with E-state index in [2.05, 4.69) is 11.8 Å². The number of likely N-dealkylation sites (N-methyl/N-ethyl adjacent to an activating group) is 1. The monoisotopic (exact) mass is 225 g/mol. The van der Waals surface area contributed by atoms with Gasteiger partial charge in [0, 0.05) is 6.04 Å². The molecule has 0 amide bonds. The summed E-state index contributed by atoms with van der Waals surface area (Å²) in [5, 5.41) is 9.58. The average Bonchev–Trinajstić information content (AvgIpc) is 2.89. The molecule has 0 radical (unpaired) electrons. The highest BCUT2D eigenvalue weighted by molar-refractivity contribution is 5.79. The van der Waals surface area contributed by atoms with E-state index in [0.29, 0.717) is 6.04 Å². The molecule has 1 N–H and O–H groups in total. The van der Waals surface area contributed by atoms with Crippen LogP contribution < -0.4 is 0 Å². The standard InChI is InChI=1S/C13H23NO2/c1-2-14(11-7-3-4-8-11)13(12(15)16)9-5-6-10-13/h11H,2-10H2,1H3,(H,15,16). The van der Waals surface area contributed by atoms with Gasteiger partial charge in [0.05, 0.1) is 0 Å². The number of hydrogen-bond acceptors (Lipinski definition) is 2. The smallest absolute Gasteiger partial charge is 0.324 e. The van der Waals surface area contributed by atoms with Gasteiger partial charge in [-0.05, 0) is 32.2 Å². The van der Waals surface area contributed by atoms with Crippen molar-refractivity contribution in [3.63, 3.8) is 0 Å². The third-order valence-corrected chi connectivity index (χ3v) is 4.48. The molecule has 0 atom stereocenters. The third-order valence-electron chi connectivity index (χ3n) is 4.48. The second-order valence-electron chi connectivity index (χ2n) is 5.27. The molecule has 16 heavy (non-hydrogen) atoms. The molecule has 0 saturated heterocycles. The van der Waals surface area contributed by atoms with E-state index in [9.17, 15) is 9.90 Å². The van der Waals surface area contributed by atoms with Crippen molar-refractivity contribution in [1.29, 1.82) is 0 Å². The fourth-order valence-electron chi connectivity index (χ4n) is 3.71. The van der Waals surface area contributed by atoms with Crippen molar-refractivity contribution >= 4 is 5.97 Å². The van der Waals surface area contributed by atoms with E-state index >= 15 is 0 Å². The Morgan fingerprint density at radius 3 is 2.25 bits per heavy atom. The quantitative estimate of drug-likeness (QED) is 0.799. The van der Waals surface area contributed by atoms with Crippen molar-refractivity contribution in [2.75, 3.05) is 6.54 Å². The predicted molar refractivity (Wildman–Crippen MR) is 63.5 cm³/mol. The molecular weight excluding hydrogens is 202 g/mol. The number of nitrogens with zero attached hydrogens (tertiary/aromatic N) is 1. The molecule has 3 nitrogen and oxygen atoms in total. The van der Waals surface area contributed by atoms with Gasteiger partial charge in [-0.25, -0.2) is 0 Å². The van der Waals surface area contributed by atoms with Gasteiger partial charge in [-0.2, -0.15) is 0 Å². The SMILES string of the molecule is CCN(C1CCCC1)C1(C(=O)O)CCCC1. The fourth-order valence-corrected chi connectivity index (χ4v) is 3.71. The molecule has 2 saturated carbocycles. The highest BCUT2D eigenvalue weighted by atomic mass is 16.4. The second kappa shape index (κ2) is 4.74. The summed E-state index contributed by atoms with van der Waals surface area (Å²) in [5.41, 5.74) is -0.524. The number of carbonyl (C=O) groups is 1. The Kier molecular flexibility index (Phi) is 3.53. The van der Waals surface area contributed by atoms with E-state index in [4.69, 9.17) is 0 Å². The zero-order valence-electron chi connectivity index (χ0n) is 10.2. The molecule has 2 aliphatic rings. The number of carboxylic acids is 1. The van der Waals surface area contributed by atoms with Crippen LogP contribution in [0.4, 0.5) is 0 Å². The van der Waals surface area contributed by atoms with Gasteiger partial charge < -0.3 is 5.11 Å². The van der Waals surface area contributed by atoms with Crippen molar-refractivity contribution in [2.45, 2.75) is 69.9 Å². The van der Waals surface area contributed by atoms with E-state index in [-0.39, 0.29) is 0 Å². The largest absolute Gasteiger partial charge is 0.480 e. The molecule has 0 aromatic heterocycles. The van der Waals surface area contributed by atoms with E-state index in [0.717, 1.165) is 32.2 Å². The van der Waals surface area contributed by atoms with E-state index in [1.807, 2.05) is 0 Å². The molecule has 2 rings (SSSR count). The zero-order chi connectivity index (χ0) is 11.6. The highest BCUT2D eigenvalue weighted by Gasteiger charge is 2.48. The van der Waals surface area contributed by atoms with Crippen LogP contribution in [-0.4, -0.2) is 34.1 Å². The molecule has 2 fully saturated rings. The van der Waals surface area contributed by atoms with Crippen LogP contribution in [0.1, 0.15) is 58.3 Å². The van der Waals surface area contributed by atoms with Crippen LogP contribution in [0.25, 0.3) is 0 Å². The Morgan fingerprint density at radius 1 is 1.25 bits per heavy atom. The molecule has 2 aliphatic carbocycles. The Morgan fingerprint density at radius 2 is 1.81 bits per heavy atom. The lowest BCUT2D eigenvalue weighted by Crippen LogP contribution is -2.56. The normalized spacial score (nSPS) is 25.4. The molecule has 0 aliphatic heterocycles. The molecule has 0 unspecified atom stereocenters. The number of hydrogen-bond donors (Lipinski definition) is 1. The molecule has 0 aromatic rings. The van der Waals surface area contributed by atoms with E-state index < -0.39 is 11.5 Å². The van der Waals surface area contributed by atoms with Crippen LogP contribution in [0.5, 0.6) is 0 Å². The van der Waals surface area contributed by atoms with Crippen molar-refractivity contribution in [3.05, 3.63) is 0 Å². The maximum absolute atomic E-state index is 11.6. The first-order chi connectivity index (χ1) is 7.70. The summed E-state index contributed by atoms with van der Waals surface area (Å²) >= 11 is 0. The first kappa shape index (κ1) is 11.9. The Bertz CT molecular complexity index is 253. The maximum atomic E-state index is 11.6. The topological polar surface area (TPSA) is 40.5 Å². The average molecular weight is 225 g/mol. The Hall–Kier alpha value is -0.570. The van der Waals surface area contributed by atoms with E-state index in [1.54, 1.807) is 0 Å². The van der Waals surface area contributed by atoms with Crippen LogP contribution in [-0.2, 0) is 4.79 Å². The van der Waals surface area contributed by atoms with Gasteiger partial charge in [0.1, 0.15) is 5.54 Å². The minimum Gasteiger partial charge on any atom is -0.480 e. The summed E-state index contributed by atoms with van der Waals surface area (Å²) in [6, 6.07) is 0.527. The third kappa shape index (κ3) is 1.86. The lowest BCUT2D eigenvalue weighted by Gasteiger charge is -2.41. The highest BCUT2D eigenvalue weighted by Crippen LogP contribution is 2.39. The van der Waals surface area contributed by atoms with Crippen LogP contribution in [0.2, 0.25) is 0 Å². The molecule has 0 spiro atoms. The lowest BCUT2D eigenvalue weighted by molar-refractivity contribution is -0.153. The second-order valence-corrected chi connectivity index (χ2v) is 5.27. The number of carboxylic acid groups (broad SMARTS) is 1. The number of rotatable bonds is 4. The minimum atomic E-state index is -0.584.